The van der Waals surface area contributed by atoms with Gasteiger partial charge in [-0.2, -0.15) is 0 Å². The van der Waals surface area contributed by atoms with Gasteiger partial charge in [0.25, 0.3) is 0 Å². The fourth-order valence-corrected chi connectivity index (χ4v) is 5.54. The Bertz CT molecular complexity index is 788. The van der Waals surface area contributed by atoms with Crippen molar-refractivity contribution in [1.29, 1.82) is 0 Å². The number of carboxylic acid groups (broad SMARTS) is 1. The van der Waals surface area contributed by atoms with Crippen LogP contribution in [0.1, 0.15) is 39.5 Å². The average Bonchev–Trinajstić information content (AvgIpc) is 2.95. The molecule has 1 heterocycles. The summed E-state index contributed by atoms with van der Waals surface area (Å²) < 4.78 is 2.05. The van der Waals surface area contributed by atoms with Gasteiger partial charge in [0.05, 0.1) is 22.1 Å². The number of aliphatic carboxylic acids is 1. The second-order valence-electron chi connectivity index (χ2n) is 6.65. The maximum absolute atomic E-state index is 12.6. The molecule has 25 heavy (non-hydrogen) atoms. The highest BCUT2D eigenvalue weighted by atomic mass is 32.2. The third kappa shape index (κ3) is 4.33. The summed E-state index contributed by atoms with van der Waals surface area (Å²) in [5.74, 6) is -2.08. The highest BCUT2D eigenvalue weighted by molar-refractivity contribution is 8.01. The van der Waals surface area contributed by atoms with E-state index in [0.29, 0.717) is 23.8 Å². The summed E-state index contributed by atoms with van der Waals surface area (Å²) in [4.78, 5) is 28.6. The number of carbonyl (C=O) groups is 2. The molecule has 2 atom stereocenters. The van der Waals surface area contributed by atoms with Gasteiger partial charge in [-0.3, -0.25) is 9.59 Å². The van der Waals surface area contributed by atoms with Crippen LogP contribution in [0.25, 0.3) is 10.2 Å². The zero-order chi connectivity index (χ0) is 18.0. The van der Waals surface area contributed by atoms with E-state index in [9.17, 15) is 14.7 Å². The zero-order valence-electron chi connectivity index (χ0n) is 14.3. The Hall–Kier alpha value is -1.60. The van der Waals surface area contributed by atoms with Crippen LogP contribution in [0.3, 0.4) is 0 Å². The SMILES string of the molecule is CC(C)Sc1nc2ccc(NC(=O)[C@H]3CCCC[C@@H]3C(=O)O)cc2s1. The first-order valence-electron chi connectivity index (χ1n) is 8.55. The van der Waals surface area contributed by atoms with Crippen LogP contribution in [0.15, 0.2) is 22.5 Å². The summed E-state index contributed by atoms with van der Waals surface area (Å²) in [7, 11) is 0. The largest absolute Gasteiger partial charge is 0.481 e. The van der Waals surface area contributed by atoms with Crippen LogP contribution < -0.4 is 5.32 Å². The van der Waals surface area contributed by atoms with Gasteiger partial charge in [-0.05, 0) is 31.0 Å². The predicted molar refractivity (Wildman–Crippen MR) is 102 cm³/mol. The Morgan fingerprint density at radius 3 is 2.68 bits per heavy atom. The molecule has 1 amide bonds. The number of carboxylic acids is 1. The number of nitrogens with zero attached hydrogens (tertiary/aromatic N) is 1. The molecule has 3 rings (SSSR count). The standard InChI is InChI=1S/C18H22N2O3S2/c1-10(2)24-18-20-14-8-7-11(9-15(14)25-18)19-16(21)12-5-3-4-6-13(12)17(22)23/h7-10,12-13H,3-6H2,1-2H3,(H,19,21)(H,22,23)/t12-,13-/m0/s1. The second kappa shape index (κ2) is 7.74. The van der Waals surface area contributed by atoms with E-state index in [0.717, 1.165) is 27.4 Å². The van der Waals surface area contributed by atoms with Crippen LogP contribution in [-0.2, 0) is 9.59 Å². The number of aromatic nitrogens is 1. The van der Waals surface area contributed by atoms with E-state index in [1.165, 1.54) is 0 Å². The Balaban J connectivity index is 1.75. The quantitative estimate of drug-likeness (QED) is 0.742. The van der Waals surface area contributed by atoms with Crippen molar-refractivity contribution in [3.05, 3.63) is 18.2 Å². The molecular weight excluding hydrogens is 356 g/mol. The van der Waals surface area contributed by atoms with Crippen molar-refractivity contribution in [1.82, 2.24) is 4.98 Å². The van der Waals surface area contributed by atoms with Crippen molar-refractivity contribution in [3.63, 3.8) is 0 Å². The molecule has 134 valence electrons. The number of fused-ring (bicyclic) bond motifs is 1. The molecule has 2 aromatic rings. The predicted octanol–water partition coefficient (Wildman–Crippen LogP) is 4.63. The van der Waals surface area contributed by atoms with Crippen LogP contribution in [-0.4, -0.2) is 27.2 Å². The molecule has 0 radical (unpaired) electrons. The van der Waals surface area contributed by atoms with Gasteiger partial charge >= 0.3 is 5.97 Å². The summed E-state index contributed by atoms with van der Waals surface area (Å²) in [6, 6.07) is 5.66. The number of benzene rings is 1. The number of hydrogen-bond acceptors (Lipinski definition) is 5. The zero-order valence-corrected chi connectivity index (χ0v) is 16.0. The lowest BCUT2D eigenvalue weighted by molar-refractivity contribution is -0.147. The van der Waals surface area contributed by atoms with Gasteiger partial charge in [0, 0.05) is 10.9 Å². The molecule has 2 N–H and O–H groups in total. The van der Waals surface area contributed by atoms with Crippen molar-refractivity contribution < 1.29 is 14.7 Å². The average molecular weight is 379 g/mol. The van der Waals surface area contributed by atoms with Crippen molar-refractivity contribution >= 4 is 50.9 Å². The molecular formula is C18H22N2O3S2. The van der Waals surface area contributed by atoms with E-state index in [1.54, 1.807) is 23.1 Å². The summed E-state index contributed by atoms with van der Waals surface area (Å²) in [6.07, 6.45) is 3.01. The van der Waals surface area contributed by atoms with Crippen LogP contribution in [0.4, 0.5) is 5.69 Å². The minimum atomic E-state index is -0.867. The molecule has 1 fully saturated rings. The third-order valence-corrected chi connectivity index (χ3v) is 6.51. The van der Waals surface area contributed by atoms with Gasteiger partial charge in [-0.25, -0.2) is 4.98 Å². The molecule has 1 aromatic heterocycles. The summed E-state index contributed by atoms with van der Waals surface area (Å²) in [5, 5.41) is 12.7. The van der Waals surface area contributed by atoms with E-state index in [2.05, 4.69) is 24.1 Å². The van der Waals surface area contributed by atoms with E-state index in [-0.39, 0.29) is 5.91 Å². The van der Waals surface area contributed by atoms with Gasteiger partial charge in [-0.1, -0.05) is 38.5 Å². The van der Waals surface area contributed by atoms with Gasteiger partial charge < -0.3 is 10.4 Å². The smallest absolute Gasteiger partial charge is 0.307 e. The third-order valence-electron chi connectivity index (χ3n) is 4.39. The molecule has 0 aliphatic heterocycles. The van der Waals surface area contributed by atoms with Crippen LogP contribution in [0, 0.1) is 11.8 Å². The van der Waals surface area contributed by atoms with Crippen molar-refractivity contribution in [2.24, 2.45) is 11.8 Å². The second-order valence-corrected chi connectivity index (χ2v) is 9.51. The molecule has 1 aliphatic rings. The molecule has 0 bridgehead atoms. The number of nitrogens with one attached hydrogen (secondary N) is 1. The Morgan fingerprint density at radius 1 is 1.28 bits per heavy atom. The van der Waals surface area contributed by atoms with E-state index < -0.39 is 17.8 Å². The fourth-order valence-electron chi connectivity index (χ4n) is 3.21. The maximum Gasteiger partial charge on any atom is 0.307 e. The first-order chi connectivity index (χ1) is 11.9. The van der Waals surface area contributed by atoms with Crippen LogP contribution in [0.5, 0.6) is 0 Å². The summed E-state index contributed by atoms with van der Waals surface area (Å²) >= 11 is 3.34. The molecule has 0 spiro atoms. The van der Waals surface area contributed by atoms with E-state index in [4.69, 9.17) is 0 Å². The lowest BCUT2D eigenvalue weighted by Crippen LogP contribution is -2.36. The van der Waals surface area contributed by atoms with Crippen LogP contribution >= 0.6 is 23.1 Å². The Kier molecular flexibility index (Phi) is 5.64. The Labute approximate surface area is 155 Å². The molecule has 7 heteroatoms. The molecule has 1 saturated carbocycles. The maximum atomic E-state index is 12.6. The minimum Gasteiger partial charge on any atom is -0.481 e. The molecule has 1 aliphatic carbocycles. The number of amides is 1. The number of carbonyl (C=O) groups excluding carboxylic acids is 1. The first kappa shape index (κ1) is 18.2. The van der Waals surface area contributed by atoms with Crippen LogP contribution in [0.2, 0.25) is 0 Å². The van der Waals surface area contributed by atoms with Crippen molar-refractivity contribution in [2.75, 3.05) is 5.32 Å². The van der Waals surface area contributed by atoms with E-state index in [1.807, 2.05) is 18.2 Å². The summed E-state index contributed by atoms with van der Waals surface area (Å²) in [5.41, 5.74) is 1.63. The molecule has 0 saturated heterocycles. The number of thiazole rings is 1. The van der Waals surface area contributed by atoms with Gasteiger partial charge in [0.2, 0.25) is 5.91 Å². The molecule has 0 unspecified atom stereocenters. The van der Waals surface area contributed by atoms with Gasteiger partial charge in [0.15, 0.2) is 4.34 Å². The lowest BCUT2D eigenvalue weighted by atomic mass is 9.78. The van der Waals surface area contributed by atoms with Crippen molar-refractivity contribution in [2.45, 2.75) is 49.1 Å². The highest BCUT2D eigenvalue weighted by Gasteiger charge is 2.35. The molecule has 1 aromatic carbocycles. The fraction of sp³-hybridized carbons (Fsp3) is 0.500. The number of rotatable bonds is 5. The highest BCUT2D eigenvalue weighted by Crippen LogP contribution is 2.34. The number of thioether (sulfide) groups is 1. The molecule has 5 nitrogen and oxygen atoms in total. The summed E-state index contributed by atoms with van der Waals surface area (Å²) in [6.45, 7) is 4.26. The van der Waals surface area contributed by atoms with Gasteiger partial charge in [0.1, 0.15) is 0 Å². The topological polar surface area (TPSA) is 79.3 Å². The Morgan fingerprint density at radius 2 is 2.00 bits per heavy atom. The normalized spacial score (nSPS) is 20.8. The monoisotopic (exact) mass is 378 g/mol. The first-order valence-corrected chi connectivity index (χ1v) is 10.2. The lowest BCUT2D eigenvalue weighted by Gasteiger charge is -2.27. The van der Waals surface area contributed by atoms with E-state index >= 15 is 0 Å². The number of anilines is 1. The van der Waals surface area contributed by atoms with Crippen molar-refractivity contribution in [3.8, 4) is 0 Å². The number of hydrogen-bond donors (Lipinski definition) is 2. The minimum absolute atomic E-state index is 0.187. The van der Waals surface area contributed by atoms with Gasteiger partial charge in [-0.15, -0.1) is 11.3 Å².